The van der Waals surface area contributed by atoms with Crippen molar-refractivity contribution in [1.29, 1.82) is 0 Å². The van der Waals surface area contributed by atoms with E-state index in [0.717, 1.165) is 6.07 Å². The summed E-state index contributed by atoms with van der Waals surface area (Å²) in [6.07, 6.45) is -5.74. The van der Waals surface area contributed by atoms with E-state index in [1.165, 1.54) is 6.07 Å². The van der Waals surface area contributed by atoms with Crippen LogP contribution in [-0.2, 0) is 22.3 Å². The first-order valence-electron chi connectivity index (χ1n) is 9.50. The number of alkyl halides is 3. The van der Waals surface area contributed by atoms with E-state index < -0.39 is 57.7 Å². The third-order valence-electron chi connectivity index (χ3n) is 4.74. The summed E-state index contributed by atoms with van der Waals surface area (Å²) < 4.78 is 70.3. The number of benzene rings is 2. The summed E-state index contributed by atoms with van der Waals surface area (Å²) in [5.74, 6) is -2.94. The molecule has 0 amide bonds. The van der Waals surface area contributed by atoms with Crippen LogP contribution < -0.4 is 4.72 Å². The Kier molecular flexibility index (Phi) is 7.45. The molecule has 0 aliphatic carbocycles. The highest BCUT2D eigenvalue weighted by Gasteiger charge is 2.39. The van der Waals surface area contributed by atoms with Crippen LogP contribution in [0.5, 0.6) is 0 Å². The summed E-state index contributed by atoms with van der Waals surface area (Å²) in [6.45, 7) is 8.27. The standard InChI is InChI=1S/C22H25F4NO3S/c1-12-7-6-8-13(2)19(12)14-9-15(20(23)16(10-14)22(24,25)26)17(11-18(28)29)27-31(30)21(3,4)5/h6-10,17,27H,11H2,1-5H3,(H,28,29). The third-order valence-corrected chi connectivity index (χ3v) is 6.35. The van der Waals surface area contributed by atoms with Crippen molar-refractivity contribution in [1.82, 2.24) is 4.72 Å². The summed E-state index contributed by atoms with van der Waals surface area (Å²) >= 11 is -1.84. The van der Waals surface area contributed by atoms with E-state index >= 15 is 4.39 Å². The molecule has 0 saturated carbocycles. The van der Waals surface area contributed by atoms with Gasteiger partial charge in [0.05, 0.1) is 18.0 Å². The molecule has 2 rings (SSSR count). The molecule has 2 unspecified atom stereocenters. The Morgan fingerprint density at radius 1 is 1.16 bits per heavy atom. The minimum Gasteiger partial charge on any atom is -0.598 e. The highest BCUT2D eigenvalue weighted by atomic mass is 32.2. The molecule has 0 aliphatic heterocycles. The van der Waals surface area contributed by atoms with Crippen LogP contribution >= 0.6 is 0 Å². The molecular formula is C22H25F4NO3S. The second-order valence-electron chi connectivity index (χ2n) is 8.34. The van der Waals surface area contributed by atoms with Gasteiger partial charge in [0, 0.05) is 16.9 Å². The van der Waals surface area contributed by atoms with Crippen LogP contribution in [0.1, 0.15) is 55.5 Å². The van der Waals surface area contributed by atoms with Crippen LogP contribution in [0, 0.1) is 19.7 Å². The van der Waals surface area contributed by atoms with E-state index in [4.69, 9.17) is 0 Å². The van der Waals surface area contributed by atoms with Crippen molar-refractivity contribution >= 4 is 17.3 Å². The fourth-order valence-corrected chi connectivity index (χ4v) is 4.04. The number of halogens is 4. The highest BCUT2D eigenvalue weighted by Crippen LogP contribution is 2.40. The van der Waals surface area contributed by atoms with Gasteiger partial charge in [-0.1, -0.05) is 18.2 Å². The van der Waals surface area contributed by atoms with Crippen LogP contribution in [-0.4, -0.2) is 20.4 Å². The topological polar surface area (TPSA) is 72.4 Å². The molecule has 0 bridgehead atoms. The van der Waals surface area contributed by atoms with Gasteiger partial charge in [0.1, 0.15) is 10.6 Å². The minimum atomic E-state index is -5.00. The molecular weight excluding hydrogens is 434 g/mol. The number of hydrogen-bond donors (Lipinski definition) is 2. The molecule has 170 valence electrons. The molecule has 0 saturated heterocycles. The maximum Gasteiger partial charge on any atom is 0.419 e. The number of aliphatic carboxylic acids is 1. The Bertz CT molecular complexity index is 950. The first-order chi connectivity index (χ1) is 14.1. The molecule has 2 atom stereocenters. The monoisotopic (exact) mass is 459 g/mol. The Labute approximate surface area is 182 Å². The van der Waals surface area contributed by atoms with Crippen molar-refractivity contribution in [2.24, 2.45) is 0 Å². The largest absolute Gasteiger partial charge is 0.598 e. The third kappa shape index (κ3) is 5.99. The van der Waals surface area contributed by atoms with Gasteiger partial charge in [-0.25, -0.2) is 4.39 Å². The second-order valence-corrected chi connectivity index (χ2v) is 10.3. The van der Waals surface area contributed by atoms with Crippen molar-refractivity contribution in [3.8, 4) is 11.1 Å². The fraction of sp³-hybridized carbons (Fsp3) is 0.409. The van der Waals surface area contributed by atoms with E-state index in [2.05, 4.69) is 4.72 Å². The first kappa shape index (κ1) is 25.2. The van der Waals surface area contributed by atoms with Gasteiger partial charge in [-0.15, -0.1) is 4.72 Å². The Balaban J connectivity index is 2.77. The number of rotatable bonds is 6. The summed E-state index contributed by atoms with van der Waals surface area (Å²) in [4.78, 5) is 11.4. The minimum absolute atomic E-state index is 0.109. The molecule has 9 heteroatoms. The maximum atomic E-state index is 15.1. The number of hydrogen-bond acceptors (Lipinski definition) is 3. The zero-order chi connectivity index (χ0) is 23.7. The van der Waals surface area contributed by atoms with Gasteiger partial charge in [-0.2, -0.15) is 13.2 Å². The van der Waals surface area contributed by atoms with Crippen molar-refractivity contribution in [2.75, 3.05) is 0 Å². The highest BCUT2D eigenvalue weighted by molar-refractivity contribution is 7.90. The van der Waals surface area contributed by atoms with Gasteiger partial charge < -0.3 is 9.66 Å². The number of carboxylic acids is 1. The number of nitrogens with one attached hydrogen (secondary N) is 1. The van der Waals surface area contributed by atoms with Gasteiger partial charge in [0.25, 0.3) is 0 Å². The van der Waals surface area contributed by atoms with Gasteiger partial charge >= 0.3 is 12.1 Å². The molecule has 0 heterocycles. The summed E-state index contributed by atoms with van der Waals surface area (Å²) in [6, 6.07) is 5.71. The molecule has 4 nitrogen and oxygen atoms in total. The molecule has 2 aromatic rings. The first-order valence-corrected chi connectivity index (χ1v) is 10.6. The van der Waals surface area contributed by atoms with E-state index in [-0.39, 0.29) is 5.56 Å². The van der Waals surface area contributed by atoms with Crippen molar-refractivity contribution in [3.63, 3.8) is 0 Å². The lowest BCUT2D eigenvalue weighted by Crippen LogP contribution is -2.42. The Morgan fingerprint density at radius 2 is 1.71 bits per heavy atom. The summed E-state index contributed by atoms with van der Waals surface area (Å²) in [5, 5.41) is 9.27. The quantitative estimate of drug-likeness (QED) is 0.430. The van der Waals surface area contributed by atoms with E-state index in [1.54, 1.807) is 52.8 Å². The van der Waals surface area contributed by atoms with Crippen molar-refractivity contribution in [3.05, 3.63) is 58.4 Å². The van der Waals surface area contributed by atoms with Gasteiger partial charge in [0.2, 0.25) is 0 Å². The average Bonchev–Trinajstić information content (AvgIpc) is 2.59. The van der Waals surface area contributed by atoms with Gasteiger partial charge in [-0.3, -0.25) is 4.79 Å². The van der Waals surface area contributed by atoms with Crippen LogP contribution in [0.2, 0.25) is 0 Å². The summed E-state index contributed by atoms with van der Waals surface area (Å²) in [7, 11) is 0. The lowest BCUT2D eigenvalue weighted by molar-refractivity contribution is -0.140. The molecule has 2 N–H and O–H groups in total. The molecule has 0 aliphatic rings. The molecule has 0 fully saturated rings. The lowest BCUT2D eigenvalue weighted by Gasteiger charge is -2.28. The van der Waals surface area contributed by atoms with Crippen LogP contribution in [0.3, 0.4) is 0 Å². The average molecular weight is 460 g/mol. The zero-order valence-corrected chi connectivity index (χ0v) is 18.7. The molecule has 0 radical (unpaired) electrons. The number of carbonyl (C=O) groups is 1. The molecule has 31 heavy (non-hydrogen) atoms. The Morgan fingerprint density at radius 3 is 2.16 bits per heavy atom. The Hall–Kier alpha value is -2.10. The smallest absolute Gasteiger partial charge is 0.419 e. The van der Waals surface area contributed by atoms with E-state index in [9.17, 15) is 27.6 Å². The van der Waals surface area contributed by atoms with Gasteiger partial charge in [-0.05, 0) is 69.0 Å². The van der Waals surface area contributed by atoms with Crippen LogP contribution in [0.15, 0.2) is 30.3 Å². The SMILES string of the molecule is Cc1cccc(C)c1-c1cc(C(CC(=O)O)N[S+]([O-])C(C)(C)C)c(F)c(C(F)(F)F)c1. The van der Waals surface area contributed by atoms with Crippen molar-refractivity contribution < 1.29 is 32.0 Å². The van der Waals surface area contributed by atoms with Crippen molar-refractivity contribution in [2.45, 2.75) is 58.0 Å². The molecule has 2 aromatic carbocycles. The maximum absolute atomic E-state index is 15.1. The molecule has 0 spiro atoms. The van der Waals surface area contributed by atoms with E-state index in [1.807, 2.05) is 0 Å². The predicted octanol–water partition coefficient (Wildman–Crippen LogP) is 5.70. The second kappa shape index (κ2) is 9.18. The molecule has 0 aromatic heterocycles. The van der Waals surface area contributed by atoms with Gasteiger partial charge in [0.15, 0.2) is 0 Å². The normalized spacial score (nSPS) is 14.4. The fourth-order valence-electron chi connectivity index (χ4n) is 3.22. The lowest BCUT2D eigenvalue weighted by atomic mass is 9.90. The number of aryl methyl sites for hydroxylation is 2. The van der Waals surface area contributed by atoms with E-state index in [0.29, 0.717) is 16.7 Å². The predicted molar refractivity (Wildman–Crippen MR) is 112 cm³/mol. The summed E-state index contributed by atoms with van der Waals surface area (Å²) in [5.41, 5.74) is -0.00873. The zero-order valence-electron chi connectivity index (χ0n) is 17.9. The number of carboxylic acid groups (broad SMARTS) is 1. The van der Waals surface area contributed by atoms with Crippen LogP contribution in [0.25, 0.3) is 11.1 Å². The van der Waals surface area contributed by atoms with Crippen LogP contribution in [0.4, 0.5) is 17.6 Å².